The van der Waals surface area contributed by atoms with Gasteiger partial charge in [0.1, 0.15) is 12.2 Å². The lowest BCUT2D eigenvalue weighted by Crippen LogP contribution is -2.61. The van der Waals surface area contributed by atoms with Crippen LogP contribution in [0, 0.1) is 23.2 Å². The van der Waals surface area contributed by atoms with Crippen LogP contribution in [0.2, 0.25) is 0 Å². The van der Waals surface area contributed by atoms with Crippen LogP contribution in [0.15, 0.2) is 76.9 Å². The number of Topliss-reactive ketones (excluding diaryl/α,β-unsaturated/α-hetero) is 1. The number of carbonyl (C=O) groups is 2. The van der Waals surface area contributed by atoms with Crippen molar-refractivity contribution in [2.24, 2.45) is 28.9 Å². The molecular formula is C45H65N3O7. The molecule has 1 aliphatic heterocycles. The maximum atomic E-state index is 14.5. The summed E-state index contributed by atoms with van der Waals surface area (Å²) in [6, 6.07) is 4.73. The van der Waals surface area contributed by atoms with Gasteiger partial charge >= 0.3 is 0 Å². The van der Waals surface area contributed by atoms with Crippen LogP contribution < -0.4 is 16.4 Å². The monoisotopic (exact) mass is 759 g/mol. The smallest absolute Gasteiger partial charge is 0.243 e. The molecule has 0 unspecified atom stereocenters. The van der Waals surface area contributed by atoms with Gasteiger partial charge in [0.25, 0.3) is 0 Å². The van der Waals surface area contributed by atoms with Crippen LogP contribution in [0.5, 0.6) is 0 Å². The third-order valence-electron chi connectivity index (χ3n) is 13.1. The first-order valence-electron chi connectivity index (χ1n) is 20.3. The Balaban J connectivity index is 1.50. The first-order chi connectivity index (χ1) is 26.2. The molecule has 55 heavy (non-hydrogen) atoms. The minimum atomic E-state index is -1.18. The summed E-state index contributed by atoms with van der Waals surface area (Å²) in [5.41, 5.74) is 10.7. The van der Waals surface area contributed by atoms with Crippen molar-refractivity contribution < 1.29 is 35.1 Å². The molecule has 3 aliphatic carbocycles. The van der Waals surface area contributed by atoms with Crippen LogP contribution in [-0.4, -0.2) is 74.8 Å². The molecule has 3 fully saturated rings. The first kappa shape index (κ1) is 42.9. The minimum Gasteiger partial charge on any atom is -0.396 e. The highest BCUT2D eigenvalue weighted by molar-refractivity contribution is 5.98. The SMILES string of the molecule is C=C(/C=C/C=C(/CO)[C@H]1[C@@H]2CCC[C@@]3(O)CC/C(=C(/C)C(=O)Cc4cccc5c4[C@H](NC[C@H](C)O)C(=O)N[C@@H]5N)[C@@H](CCCO)[C@]3(C2)[C@@H]1O)CCC=C(C)C. The van der Waals surface area contributed by atoms with Gasteiger partial charge in [-0.15, -0.1) is 0 Å². The number of allylic oxidation sites excluding steroid dienone is 8. The van der Waals surface area contributed by atoms with E-state index in [1.54, 1.807) is 6.92 Å². The van der Waals surface area contributed by atoms with E-state index in [2.05, 4.69) is 37.1 Å². The number of hydrogen-bond donors (Lipinski definition) is 8. The number of aliphatic hydroxyl groups is 5. The molecule has 1 aromatic rings. The Hall–Kier alpha value is -3.22. The molecule has 2 bridgehead atoms. The van der Waals surface area contributed by atoms with Crippen LogP contribution in [0.25, 0.3) is 0 Å². The fraction of sp³-hybridized carbons (Fsp3) is 0.600. The largest absolute Gasteiger partial charge is 0.396 e. The number of carbonyl (C=O) groups excluding carboxylic acids is 2. The van der Waals surface area contributed by atoms with Gasteiger partial charge in [0.05, 0.1) is 24.4 Å². The second-order valence-electron chi connectivity index (χ2n) is 16.9. The van der Waals surface area contributed by atoms with Crippen LogP contribution in [0.4, 0.5) is 0 Å². The number of hydrogen-bond acceptors (Lipinski definition) is 9. The van der Waals surface area contributed by atoms with E-state index in [0.717, 1.165) is 42.4 Å². The highest BCUT2D eigenvalue weighted by atomic mass is 16.3. The third-order valence-corrected chi connectivity index (χ3v) is 13.1. The highest BCUT2D eigenvalue weighted by Crippen LogP contribution is 2.67. The molecule has 1 spiro atoms. The van der Waals surface area contributed by atoms with E-state index >= 15 is 0 Å². The fourth-order valence-corrected chi connectivity index (χ4v) is 10.5. The molecule has 10 nitrogen and oxygen atoms in total. The zero-order chi connectivity index (χ0) is 40.1. The van der Waals surface area contributed by atoms with Gasteiger partial charge in [0, 0.05) is 30.9 Å². The number of amides is 1. The zero-order valence-electron chi connectivity index (χ0n) is 33.3. The van der Waals surface area contributed by atoms with Gasteiger partial charge in [-0.25, -0.2) is 0 Å². The minimum absolute atomic E-state index is 0.0204. The Morgan fingerprint density at radius 2 is 1.96 bits per heavy atom. The quantitative estimate of drug-likeness (QED) is 0.0648. The summed E-state index contributed by atoms with van der Waals surface area (Å²) >= 11 is 0. The van der Waals surface area contributed by atoms with Gasteiger partial charge in [-0.2, -0.15) is 0 Å². The number of ketones is 1. The van der Waals surface area contributed by atoms with E-state index < -0.39 is 35.4 Å². The number of rotatable bonds is 16. The van der Waals surface area contributed by atoms with Crippen molar-refractivity contribution in [2.45, 2.75) is 128 Å². The predicted molar refractivity (Wildman–Crippen MR) is 215 cm³/mol. The highest BCUT2D eigenvalue weighted by Gasteiger charge is 2.68. The van der Waals surface area contributed by atoms with Crippen LogP contribution >= 0.6 is 0 Å². The number of nitrogens with one attached hydrogen (secondary N) is 2. The lowest BCUT2D eigenvalue weighted by molar-refractivity contribution is -0.181. The summed E-state index contributed by atoms with van der Waals surface area (Å²) in [5, 5.41) is 62.1. The average Bonchev–Trinajstić information content (AvgIpc) is 3.31. The number of aliphatic hydroxyl groups excluding tert-OH is 4. The second-order valence-corrected chi connectivity index (χ2v) is 16.9. The number of benzene rings is 1. The summed E-state index contributed by atoms with van der Waals surface area (Å²) in [6.45, 7) is 11.7. The average molecular weight is 760 g/mol. The van der Waals surface area contributed by atoms with Crippen molar-refractivity contribution in [1.29, 1.82) is 0 Å². The summed E-state index contributed by atoms with van der Waals surface area (Å²) in [4.78, 5) is 27.6. The topological polar surface area (TPSA) is 185 Å². The number of nitrogens with two attached hydrogens (primary N) is 1. The lowest BCUT2D eigenvalue weighted by atomic mass is 9.51. The van der Waals surface area contributed by atoms with E-state index in [1.807, 2.05) is 43.4 Å². The summed E-state index contributed by atoms with van der Waals surface area (Å²) < 4.78 is 0. The molecule has 4 aliphatic rings. The fourth-order valence-electron chi connectivity index (χ4n) is 10.5. The third kappa shape index (κ3) is 8.86. The molecule has 5 rings (SSSR count). The standard InChI is InChI=1S/C45H65N3O7/c1-27(2)11-6-12-28(3)13-7-15-33(26-50)38-32-16-9-20-44(55)21-19-34(36(18-10-22-49)45(44,24-32)41(38)53)30(5)37(52)23-31-14-8-17-35-39(31)40(47-25-29(4)51)43(54)48-42(35)46/h7-8,11,13-15,17,29,32,36,38,40-42,47,49-51,53,55H,3,6,9-10,12,16,18-26,46H2,1-2,4-5H3,(H,48,54)/b13-7+,33-15-,34-30+/t29-,32+,36+,38+,40-,41+,42-,44+,45+/m0/s1. The first-order valence-corrected chi connectivity index (χ1v) is 20.3. The summed E-state index contributed by atoms with van der Waals surface area (Å²) in [6.07, 6.45) is 11.9. The Labute approximate surface area is 327 Å². The Morgan fingerprint density at radius 3 is 2.65 bits per heavy atom. The Morgan fingerprint density at radius 1 is 1.20 bits per heavy atom. The maximum absolute atomic E-state index is 14.5. The molecule has 0 saturated heterocycles. The van der Waals surface area contributed by atoms with E-state index in [-0.39, 0.29) is 55.6 Å². The molecule has 9 atom stereocenters. The van der Waals surface area contributed by atoms with Crippen molar-refractivity contribution in [2.75, 3.05) is 19.8 Å². The molecule has 0 aromatic heterocycles. The van der Waals surface area contributed by atoms with Crippen molar-refractivity contribution in [1.82, 2.24) is 10.6 Å². The maximum Gasteiger partial charge on any atom is 0.243 e. The Kier molecular flexibility index (Phi) is 14.3. The van der Waals surface area contributed by atoms with Gasteiger partial charge in [-0.3, -0.25) is 14.9 Å². The van der Waals surface area contributed by atoms with Crippen molar-refractivity contribution in [3.8, 4) is 0 Å². The van der Waals surface area contributed by atoms with E-state index in [9.17, 15) is 35.1 Å². The van der Waals surface area contributed by atoms with Gasteiger partial charge in [0.15, 0.2) is 5.78 Å². The molecule has 302 valence electrons. The van der Waals surface area contributed by atoms with Crippen LogP contribution in [0.3, 0.4) is 0 Å². The second kappa shape index (κ2) is 18.4. The van der Waals surface area contributed by atoms with Gasteiger partial charge < -0.3 is 36.6 Å². The van der Waals surface area contributed by atoms with E-state index in [4.69, 9.17) is 5.73 Å². The van der Waals surface area contributed by atoms with E-state index in [0.29, 0.717) is 60.8 Å². The molecule has 1 aromatic carbocycles. The molecule has 10 heteroatoms. The lowest BCUT2D eigenvalue weighted by Gasteiger charge is -2.57. The predicted octanol–water partition coefficient (Wildman–Crippen LogP) is 5.07. The normalized spacial score (nSPS) is 32.0. The van der Waals surface area contributed by atoms with Crippen molar-refractivity contribution in [3.05, 3.63) is 93.6 Å². The van der Waals surface area contributed by atoms with Gasteiger partial charge in [-0.05, 0) is 125 Å². The summed E-state index contributed by atoms with van der Waals surface area (Å²) in [7, 11) is 0. The summed E-state index contributed by atoms with van der Waals surface area (Å²) in [5.74, 6) is -1.15. The molecule has 0 radical (unpaired) electrons. The molecule has 3 saturated carbocycles. The molecular weight excluding hydrogens is 695 g/mol. The zero-order valence-corrected chi connectivity index (χ0v) is 33.3. The van der Waals surface area contributed by atoms with Gasteiger partial charge in [-0.1, -0.05) is 72.2 Å². The van der Waals surface area contributed by atoms with Crippen molar-refractivity contribution >= 4 is 11.7 Å². The van der Waals surface area contributed by atoms with Gasteiger partial charge in [0.2, 0.25) is 5.91 Å². The Bertz CT molecular complexity index is 1710. The molecule has 1 heterocycles. The van der Waals surface area contributed by atoms with E-state index in [1.165, 1.54) is 5.57 Å². The van der Waals surface area contributed by atoms with Crippen LogP contribution in [0.1, 0.15) is 121 Å². The number of fused-ring (bicyclic) bond motifs is 2. The van der Waals surface area contributed by atoms with Crippen LogP contribution in [-0.2, 0) is 16.0 Å². The molecule has 9 N–H and O–H groups in total. The van der Waals surface area contributed by atoms with Crippen molar-refractivity contribution in [3.63, 3.8) is 0 Å². The molecule has 1 amide bonds.